The maximum atomic E-state index is 12.6. The molecule has 2 aromatic rings. The number of hydrogen-bond donors (Lipinski definition) is 1. The Labute approximate surface area is 142 Å². The molecule has 126 valence electrons. The van der Waals surface area contributed by atoms with E-state index < -0.39 is 0 Å². The third kappa shape index (κ3) is 4.04. The van der Waals surface area contributed by atoms with Crippen molar-refractivity contribution in [2.45, 2.75) is 19.8 Å². The number of benzene rings is 1. The second-order valence-electron chi connectivity index (χ2n) is 6.36. The lowest BCUT2D eigenvalue weighted by Gasteiger charge is -2.32. The second kappa shape index (κ2) is 7.34. The number of likely N-dealkylation sites (tertiary alicyclic amines) is 1. The monoisotopic (exact) mass is 325 g/mol. The van der Waals surface area contributed by atoms with Crippen LogP contribution in [0.4, 0.5) is 5.69 Å². The third-order valence-corrected chi connectivity index (χ3v) is 4.32. The molecule has 1 unspecified atom stereocenters. The summed E-state index contributed by atoms with van der Waals surface area (Å²) in [6.07, 6.45) is 3.63. The predicted octanol–water partition coefficient (Wildman–Crippen LogP) is 2.90. The zero-order valence-corrected chi connectivity index (χ0v) is 13.9. The van der Waals surface area contributed by atoms with E-state index in [-0.39, 0.29) is 5.91 Å². The summed E-state index contributed by atoms with van der Waals surface area (Å²) in [5.41, 5.74) is 7.93. The number of ether oxygens (including phenoxy) is 1. The molecular weight excluding hydrogens is 302 g/mol. The molecule has 0 saturated carbocycles. The lowest BCUT2D eigenvalue weighted by molar-refractivity contribution is 0.0627. The second-order valence-corrected chi connectivity index (χ2v) is 6.36. The minimum Gasteiger partial charge on any atom is -0.493 e. The van der Waals surface area contributed by atoms with Crippen LogP contribution in [0.1, 0.15) is 28.9 Å². The van der Waals surface area contributed by atoms with Gasteiger partial charge in [0.05, 0.1) is 6.61 Å². The zero-order valence-electron chi connectivity index (χ0n) is 13.9. The molecule has 1 fully saturated rings. The van der Waals surface area contributed by atoms with Gasteiger partial charge >= 0.3 is 0 Å². The maximum Gasteiger partial charge on any atom is 0.272 e. The number of nitrogens with zero attached hydrogens (tertiary/aromatic N) is 2. The fraction of sp³-hybridized carbons (Fsp3) is 0.368. The summed E-state index contributed by atoms with van der Waals surface area (Å²) >= 11 is 0. The number of nitrogens with two attached hydrogens (primary N) is 1. The topological polar surface area (TPSA) is 68.5 Å². The summed E-state index contributed by atoms with van der Waals surface area (Å²) in [4.78, 5) is 18.6. The molecule has 0 spiro atoms. The van der Waals surface area contributed by atoms with Crippen molar-refractivity contribution in [1.29, 1.82) is 0 Å². The Morgan fingerprint density at radius 3 is 2.88 bits per heavy atom. The molecule has 1 amide bonds. The highest BCUT2D eigenvalue weighted by Gasteiger charge is 2.25. The van der Waals surface area contributed by atoms with Crippen LogP contribution in [0.15, 0.2) is 42.6 Å². The molecule has 5 nitrogen and oxygen atoms in total. The summed E-state index contributed by atoms with van der Waals surface area (Å²) in [6, 6.07) is 11.4. The molecule has 5 heteroatoms. The van der Waals surface area contributed by atoms with E-state index in [9.17, 15) is 4.79 Å². The Hall–Kier alpha value is -2.56. The van der Waals surface area contributed by atoms with E-state index in [1.165, 1.54) is 5.56 Å². The number of rotatable bonds is 4. The van der Waals surface area contributed by atoms with Gasteiger partial charge in [0.1, 0.15) is 11.4 Å². The molecule has 0 radical (unpaired) electrons. The molecule has 24 heavy (non-hydrogen) atoms. The minimum atomic E-state index is -0.0534. The number of carbonyl (C=O) groups is 1. The predicted molar refractivity (Wildman–Crippen MR) is 94.0 cm³/mol. The average Bonchev–Trinajstić information content (AvgIpc) is 2.61. The van der Waals surface area contributed by atoms with Crippen LogP contribution >= 0.6 is 0 Å². The highest BCUT2D eigenvalue weighted by Crippen LogP contribution is 2.20. The Bertz CT molecular complexity index is 700. The van der Waals surface area contributed by atoms with Crippen molar-refractivity contribution in [1.82, 2.24) is 9.88 Å². The molecule has 0 bridgehead atoms. The quantitative estimate of drug-likeness (QED) is 0.938. The van der Waals surface area contributed by atoms with E-state index in [0.29, 0.717) is 30.5 Å². The van der Waals surface area contributed by atoms with Crippen molar-refractivity contribution in [3.63, 3.8) is 0 Å². The van der Waals surface area contributed by atoms with Crippen LogP contribution < -0.4 is 10.5 Å². The average molecular weight is 325 g/mol. The van der Waals surface area contributed by atoms with E-state index in [1.54, 1.807) is 18.3 Å². The first kappa shape index (κ1) is 16.3. The van der Waals surface area contributed by atoms with Crippen molar-refractivity contribution in [3.05, 3.63) is 53.9 Å². The normalized spacial score (nSPS) is 17.5. The van der Waals surface area contributed by atoms with Gasteiger partial charge in [-0.2, -0.15) is 0 Å². The number of carbonyl (C=O) groups excluding carboxylic acids is 1. The van der Waals surface area contributed by atoms with Gasteiger partial charge in [-0.3, -0.25) is 9.78 Å². The highest BCUT2D eigenvalue weighted by molar-refractivity contribution is 5.93. The van der Waals surface area contributed by atoms with E-state index >= 15 is 0 Å². The lowest BCUT2D eigenvalue weighted by Crippen LogP contribution is -2.41. The van der Waals surface area contributed by atoms with Crippen LogP contribution in [0.3, 0.4) is 0 Å². The first-order valence-electron chi connectivity index (χ1n) is 8.32. The van der Waals surface area contributed by atoms with Crippen LogP contribution in [0.2, 0.25) is 0 Å². The number of amides is 1. The molecule has 1 aliphatic rings. The van der Waals surface area contributed by atoms with Crippen LogP contribution in [0, 0.1) is 12.8 Å². The van der Waals surface area contributed by atoms with Gasteiger partial charge in [-0.25, -0.2) is 0 Å². The molecular formula is C19H23N3O2. The number of aryl methyl sites for hydroxylation is 1. The van der Waals surface area contributed by atoms with E-state index in [1.807, 2.05) is 29.2 Å². The first-order valence-corrected chi connectivity index (χ1v) is 8.32. The van der Waals surface area contributed by atoms with Gasteiger partial charge in [0.25, 0.3) is 5.91 Å². The van der Waals surface area contributed by atoms with E-state index in [0.717, 1.165) is 25.1 Å². The number of aromatic nitrogens is 1. The third-order valence-electron chi connectivity index (χ3n) is 4.32. The summed E-state index contributed by atoms with van der Waals surface area (Å²) in [7, 11) is 0. The molecule has 3 rings (SSSR count). The van der Waals surface area contributed by atoms with Gasteiger partial charge in [-0.15, -0.1) is 0 Å². The zero-order chi connectivity index (χ0) is 16.9. The lowest BCUT2D eigenvalue weighted by atomic mass is 9.98. The van der Waals surface area contributed by atoms with E-state index in [2.05, 4.69) is 11.9 Å². The van der Waals surface area contributed by atoms with Gasteiger partial charge in [0.15, 0.2) is 0 Å². The minimum absolute atomic E-state index is 0.0534. The Kier molecular flexibility index (Phi) is 4.99. The van der Waals surface area contributed by atoms with Crippen LogP contribution in [-0.4, -0.2) is 35.5 Å². The van der Waals surface area contributed by atoms with Crippen molar-refractivity contribution in [2.24, 2.45) is 5.92 Å². The number of anilines is 1. The van der Waals surface area contributed by atoms with Gasteiger partial charge in [0.2, 0.25) is 0 Å². The highest BCUT2D eigenvalue weighted by atomic mass is 16.5. The molecule has 1 atom stereocenters. The van der Waals surface area contributed by atoms with Crippen molar-refractivity contribution < 1.29 is 9.53 Å². The fourth-order valence-electron chi connectivity index (χ4n) is 2.96. The summed E-state index contributed by atoms with van der Waals surface area (Å²) in [5.74, 6) is 1.16. The van der Waals surface area contributed by atoms with Crippen LogP contribution in [-0.2, 0) is 0 Å². The number of nitrogen functional groups attached to an aromatic ring is 1. The van der Waals surface area contributed by atoms with E-state index in [4.69, 9.17) is 10.5 Å². The van der Waals surface area contributed by atoms with Crippen molar-refractivity contribution in [2.75, 3.05) is 25.4 Å². The number of piperidine rings is 1. The van der Waals surface area contributed by atoms with Crippen molar-refractivity contribution >= 4 is 11.6 Å². The Morgan fingerprint density at radius 2 is 2.12 bits per heavy atom. The maximum absolute atomic E-state index is 12.6. The molecule has 1 aromatic heterocycles. The molecule has 1 aliphatic heterocycles. The van der Waals surface area contributed by atoms with Crippen molar-refractivity contribution in [3.8, 4) is 5.75 Å². The van der Waals surface area contributed by atoms with Crippen LogP contribution in [0.25, 0.3) is 0 Å². The molecule has 2 N–H and O–H groups in total. The molecule has 0 aliphatic carbocycles. The molecule has 2 heterocycles. The number of hydrogen-bond acceptors (Lipinski definition) is 4. The van der Waals surface area contributed by atoms with Gasteiger partial charge < -0.3 is 15.4 Å². The standard InChI is InChI=1S/C19H23N3O2/c1-14-4-6-17(7-5-14)24-13-15-3-2-10-22(12-15)19(23)18-11-16(20)8-9-21-18/h4-9,11,15H,2-3,10,12-13H2,1H3,(H2,20,21). The fourth-order valence-corrected chi connectivity index (χ4v) is 2.96. The molecule has 1 saturated heterocycles. The number of pyridine rings is 1. The van der Waals surface area contributed by atoms with Gasteiger partial charge in [0, 0.05) is 30.9 Å². The smallest absolute Gasteiger partial charge is 0.272 e. The summed E-state index contributed by atoms with van der Waals surface area (Å²) in [6.45, 7) is 4.13. The van der Waals surface area contributed by atoms with Crippen LogP contribution in [0.5, 0.6) is 5.75 Å². The first-order chi connectivity index (χ1) is 11.6. The SMILES string of the molecule is Cc1ccc(OCC2CCCN(C(=O)c3cc(N)ccn3)C2)cc1. The largest absolute Gasteiger partial charge is 0.493 e. The summed E-state index contributed by atoms with van der Waals surface area (Å²) < 4.78 is 5.88. The van der Waals surface area contributed by atoms with Gasteiger partial charge in [-0.1, -0.05) is 17.7 Å². The molecule has 1 aromatic carbocycles. The Morgan fingerprint density at radius 1 is 1.33 bits per heavy atom. The Balaban J connectivity index is 1.57. The summed E-state index contributed by atoms with van der Waals surface area (Å²) in [5, 5.41) is 0. The van der Waals surface area contributed by atoms with Gasteiger partial charge in [-0.05, 0) is 44.0 Å².